The average Bonchev–Trinajstić information content (AvgIpc) is 2.63. The van der Waals surface area contributed by atoms with E-state index >= 15 is 0 Å². The summed E-state index contributed by atoms with van der Waals surface area (Å²) in [5.74, 6) is 0.761. The minimum absolute atomic E-state index is 0. The second kappa shape index (κ2) is 11.8. The van der Waals surface area contributed by atoms with Gasteiger partial charge < -0.3 is 4.90 Å². The Morgan fingerprint density at radius 1 is 0.760 bits per heavy atom. The first kappa shape index (κ1) is 22.3. The Morgan fingerprint density at radius 3 is 1.68 bits per heavy atom. The number of halogens is 3. The minimum atomic E-state index is 0. The Bertz CT molecular complexity index is 533. The van der Waals surface area contributed by atoms with Crippen molar-refractivity contribution < 1.29 is 0 Å². The lowest BCUT2D eigenvalue weighted by atomic mass is 9.96. The maximum Gasteiger partial charge on any atom is 0.0602 e. The number of hydrogen-bond donors (Lipinski definition) is 0. The van der Waals surface area contributed by atoms with E-state index in [1.54, 1.807) is 0 Å². The van der Waals surface area contributed by atoms with Crippen molar-refractivity contribution in [1.29, 1.82) is 0 Å². The first-order valence-corrected chi connectivity index (χ1v) is 9.04. The zero-order chi connectivity index (χ0) is 15.9. The Hall–Kier alpha value is -0.770. The maximum atomic E-state index is 5.82. The van der Waals surface area contributed by atoms with Crippen molar-refractivity contribution in [1.82, 2.24) is 9.80 Å². The van der Waals surface area contributed by atoms with Crippen molar-refractivity contribution in [2.24, 2.45) is 0 Å². The standard InChI is InChI=1S/C20H25ClN2.2ClH/c21-12-7-13-22-14-16-23(17-15-22)20(18-8-3-1-4-9-18)19-10-5-2-6-11-19;;/h1-6,8-11,20H,7,12-17H2;2*1H. The van der Waals surface area contributed by atoms with Crippen LogP contribution in [0.2, 0.25) is 0 Å². The van der Waals surface area contributed by atoms with Crippen LogP contribution in [0.4, 0.5) is 0 Å². The topological polar surface area (TPSA) is 6.48 Å². The number of hydrogen-bond acceptors (Lipinski definition) is 2. The van der Waals surface area contributed by atoms with Crippen LogP contribution in [-0.2, 0) is 0 Å². The van der Waals surface area contributed by atoms with Gasteiger partial charge in [0.1, 0.15) is 0 Å². The van der Waals surface area contributed by atoms with Crippen molar-refractivity contribution in [2.75, 3.05) is 38.6 Å². The summed E-state index contributed by atoms with van der Waals surface area (Å²) in [6.07, 6.45) is 1.09. The quantitative estimate of drug-likeness (QED) is 0.637. The normalized spacial score (nSPS) is 15.4. The molecule has 2 aromatic rings. The van der Waals surface area contributed by atoms with Crippen molar-refractivity contribution >= 4 is 36.4 Å². The van der Waals surface area contributed by atoms with Gasteiger partial charge in [-0.05, 0) is 24.1 Å². The molecule has 0 atom stereocenters. The Balaban J connectivity index is 0.00000156. The fraction of sp³-hybridized carbons (Fsp3) is 0.400. The summed E-state index contributed by atoms with van der Waals surface area (Å²) in [4.78, 5) is 5.15. The number of piperazine rings is 1. The van der Waals surface area contributed by atoms with Crippen LogP contribution in [0.1, 0.15) is 23.6 Å². The highest BCUT2D eigenvalue weighted by atomic mass is 35.5. The lowest BCUT2D eigenvalue weighted by Gasteiger charge is -2.39. The van der Waals surface area contributed by atoms with E-state index in [0.717, 1.165) is 45.0 Å². The Labute approximate surface area is 169 Å². The predicted octanol–water partition coefficient (Wildman–Crippen LogP) is 4.87. The molecule has 1 heterocycles. The predicted molar refractivity (Wildman–Crippen MR) is 113 cm³/mol. The molecule has 2 nitrogen and oxygen atoms in total. The van der Waals surface area contributed by atoms with Gasteiger partial charge in [-0.3, -0.25) is 4.90 Å². The second-order valence-electron chi connectivity index (χ2n) is 6.14. The van der Waals surface area contributed by atoms with Gasteiger partial charge >= 0.3 is 0 Å². The van der Waals surface area contributed by atoms with E-state index < -0.39 is 0 Å². The van der Waals surface area contributed by atoms with E-state index in [0.29, 0.717) is 6.04 Å². The second-order valence-corrected chi connectivity index (χ2v) is 6.52. The SMILES string of the molecule is Cl.Cl.ClCCCN1CCN(C(c2ccccc2)c2ccccc2)CC1. The molecule has 0 N–H and O–H groups in total. The fourth-order valence-corrected chi connectivity index (χ4v) is 3.53. The van der Waals surface area contributed by atoms with Gasteiger partial charge in [-0.25, -0.2) is 0 Å². The van der Waals surface area contributed by atoms with Gasteiger partial charge in [0, 0.05) is 32.1 Å². The van der Waals surface area contributed by atoms with Crippen LogP contribution >= 0.6 is 36.4 Å². The van der Waals surface area contributed by atoms with E-state index in [1.165, 1.54) is 11.1 Å². The van der Waals surface area contributed by atoms with E-state index in [1.807, 2.05) is 0 Å². The summed E-state index contributed by atoms with van der Waals surface area (Å²) in [6.45, 7) is 5.60. The third-order valence-electron chi connectivity index (χ3n) is 4.61. The van der Waals surface area contributed by atoms with Gasteiger partial charge in [0.15, 0.2) is 0 Å². The highest BCUT2D eigenvalue weighted by Gasteiger charge is 2.25. The molecule has 3 rings (SSSR count). The summed E-state index contributed by atoms with van der Waals surface area (Å²) in [5.41, 5.74) is 2.76. The van der Waals surface area contributed by atoms with E-state index in [4.69, 9.17) is 11.6 Å². The first-order valence-electron chi connectivity index (χ1n) is 8.51. The van der Waals surface area contributed by atoms with E-state index in [-0.39, 0.29) is 24.8 Å². The molecule has 0 spiro atoms. The number of alkyl halides is 1. The zero-order valence-corrected chi connectivity index (χ0v) is 16.8. The molecule has 0 saturated carbocycles. The Morgan fingerprint density at radius 2 is 1.24 bits per heavy atom. The van der Waals surface area contributed by atoms with Gasteiger partial charge in [0.25, 0.3) is 0 Å². The van der Waals surface area contributed by atoms with Crippen LogP contribution in [-0.4, -0.2) is 48.4 Å². The number of nitrogens with zero attached hydrogens (tertiary/aromatic N) is 2. The van der Waals surface area contributed by atoms with Crippen LogP contribution < -0.4 is 0 Å². The smallest absolute Gasteiger partial charge is 0.0602 e. The largest absolute Gasteiger partial charge is 0.301 e. The molecule has 5 heteroatoms. The van der Waals surface area contributed by atoms with E-state index in [9.17, 15) is 0 Å². The van der Waals surface area contributed by atoms with Crippen molar-refractivity contribution in [3.8, 4) is 0 Å². The van der Waals surface area contributed by atoms with Crippen molar-refractivity contribution in [2.45, 2.75) is 12.5 Å². The van der Waals surface area contributed by atoms with Crippen LogP contribution in [0.25, 0.3) is 0 Å². The summed E-state index contributed by atoms with van der Waals surface area (Å²) in [5, 5.41) is 0. The molecule has 0 aliphatic carbocycles. The van der Waals surface area contributed by atoms with Gasteiger partial charge in [-0.2, -0.15) is 0 Å². The van der Waals surface area contributed by atoms with Gasteiger partial charge in [0.05, 0.1) is 6.04 Å². The molecule has 1 aliphatic rings. The fourth-order valence-electron chi connectivity index (χ4n) is 3.41. The molecule has 0 aromatic heterocycles. The lowest BCUT2D eigenvalue weighted by Crippen LogP contribution is -2.48. The highest BCUT2D eigenvalue weighted by Crippen LogP contribution is 2.29. The lowest BCUT2D eigenvalue weighted by molar-refractivity contribution is 0.110. The summed E-state index contributed by atoms with van der Waals surface area (Å²) >= 11 is 5.82. The van der Waals surface area contributed by atoms with Gasteiger partial charge in [-0.1, -0.05) is 60.7 Å². The molecule has 138 valence electrons. The third-order valence-corrected chi connectivity index (χ3v) is 4.88. The highest BCUT2D eigenvalue weighted by molar-refractivity contribution is 6.17. The van der Waals surface area contributed by atoms with Crippen LogP contribution in [0.5, 0.6) is 0 Å². The summed E-state index contributed by atoms with van der Waals surface area (Å²) < 4.78 is 0. The molecule has 1 fully saturated rings. The van der Waals surface area contributed by atoms with Crippen molar-refractivity contribution in [3.05, 3.63) is 71.8 Å². The molecule has 2 aromatic carbocycles. The number of rotatable bonds is 6. The molecule has 0 unspecified atom stereocenters. The van der Waals surface area contributed by atoms with Gasteiger partial charge in [0.2, 0.25) is 0 Å². The molecule has 0 bridgehead atoms. The van der Waals surface area contributed by atoms with E-state index in [2.05, 4.69) is 70.5 Å². The van der Waals surface area contributed by atoms with Crippen LogP contribution in [0, 0.1) is 0 Å². The average molecular weight is 402 g/mol. The third kappa shape index (κ3) is 6.16. The summed E-state index contributed by atoms with van der Waals surface area (Å²) in [6, 6.07) is 22.1. The molecular weight excluding hydrogens is 375 g/mol. The Kier molecular flexibility index (Phi) is 10.5. The molecule has 1 saturated heterocycles. The van der Waals surface area contributed by atoms with Crippen molar-refractivity contribution in [3.63, 3.8) is 0 Å². The van der Waals surface area contributed by atoms with Crippen LogP contribution in [0.3, 0.4) is 0 Å². The molecule has 0 amide bonds. The molecule has 0 radical (unpaired) electrons. The monoisotopic (exact) mass is 400 g/mol. The van der Waals surface area contributed by atoms with Crippen LogP contribution in [0.15, 0.2) is 60.7 Å². The molecule has 25 heavy (non-hydrogen) atoms. The number of benzene rings is 2. The molecular formula is C20H27Cl3N2. The summed E-state index contributed by atoms with van der Waals surface area (Å²) in [7, 11) is 0. The maximum absolute atomic E-state index is 5.82. The zero-order valence-electron chi connectivity index (χ0n) is 14.4. The molecule has 1 aliphatic heterocycles. The first-order chi connectivity index (χ1) is 11.4. The van der Waals surface area contributed by atoms with Gasteiger partial charge in [-0.15, -0.1) is 36.4 Å². The minimum Gasteiger partial charge on any atom is -0.301 e.